The first-order valence-electron chi connectivity index (χ1n) is 6.31. The second kappa shape index (κ2) is 7.45. The Balaban J connectivity index is 2.95. The molecule has 2 N–H and O–H groups in total. The maximum atomic E-state index is 12.3. The third-order valence-corrected chi connectivity index (χ3v) is 4.77. The number of nitrogens with zero attached hydrogens (tertiary/aromatic N) is 1. The number of thiocarbonyl (C=S) groups is 1. The van der Waals surface area contributed by atoms with Crippen LogP contribution in [0.25, 0.3) is 0 Å². The van der Waals surface area contributed by atoms with E-state index in [0.717, 1.165) is 6.42 Å². The third kappa shape index (κ3) is 5.16. The van der Waals surface area contributed by atoms with Crippen molar-refractivity contribution < 1.29 is 8.42 Å². The van der Waals surface area contributed by atoms with Crippen LogP contribution in [0.2, 0.25) is 0 Å². The predicted octanol–water partition coefficient (Wildman–Crippen LogP) is 2.30. The molecular weight excluding hydrogens is 280 g/mol. The van der Waals surface area contributed by atoms with Gasteiger partial charge >= 0.3 is 0 Å². The van der Waals surface area contributed by atoms with Gasteiger partial charge in [-0.3, -0.25) is 4.31 Å². The van der Waals surface area contributed by atoms with Gasteiger partial charge in [0, 0.05) is 13.0 Å². The number of para-hydroxylation sites is 1. The maximum Gasteiger partial charge on any atom is 0.235 e. The summed E-state index contributed by atoms with van der Waals surface area (Å²) < 4.78 is 26.1. The molecule has 0 bridgehead atoms. The standard InChI is InChI=1S/C13H20N2O2S2/c1-2-3-11-19(16,17)15(10-9-13(14)18)12-7-5-4-6-8-12/h4-8H,2-3,9-11H2,1H3,(H2,14,18). The summed E-state index contributed by atoms with van der Waals surface area (Å²) in [7, 11) is -3.32. The van der Waals surface area contributed by atoms with Gasteiger partial charge in [0.15, 0.2) is 0 Å². The molecule has 0 saturated carbocycles. The minimum absolute atomic E-state index is 0.149. The normalized spacial score (nSPS) is 11.2. The zero-order valence-corrected chi connectivity index (χ0v) is 12.7. The van der Waals surface area contributed by atoms with Gasteiger partial charge in [0.2, 0.25) is 10.0 Å². The van der Waals surface area contributed by atoms with Crippen molar-refractivity contribution in [1.29, 1.82) is 0 Å². The fourth-order valence-electron chi connectivity index (χ4n) is 1.67. The molecule has 0 atom stereocenters. The van der Waals surface area contributed by atoms with Crippen LogP contribution in [0.15, 0.2) is 30.3 Å². The minimum atomic E-state index is -3.32. The Morgan fingerprint density at radius 2 is 1.95 bits per heavy atom. The van der Waals surface area contributed by atoms with Crippen molar-refractivity contribution >= 4 is 32.9 Å². The van der Waals surface area contributed by atoms with E-state index in [1.807, 2.05) is 25.1 Å². The highest BCUT2D eigenvalue weighted by molar-refractivity contribution is 7.92. The van der Waals surface area contributed by atoms with Gasteiger partial charge in [0.1, 0.15) is 0 Å². The number of hydrogen-bond donors (Lipinski definition) is 1. The lowest BCUT2D eigenvalue weighted by atomic mass is 10.3. The molecule has 19 heavy (non-hydrogen) atoms. The summed E-state index contributed by atoms with van der Waals surface area (Å²) in [6.07, 6.45) is 1.88. The first-order chi connectivity index (χ1) is 8.97. The number of rotatable bonds is 8. The molecule has 0 radical (unpaired) electrons. The van der Waals surface area contributed by atoms with Gasteiger partial charge in [-0.15, -0.1) is 0 Å². The SMILES string of the molecule is CCCCS(=O)(=O)N(CCC(N)=S)c1ccccc1. The summed E-state index contributed by atoms with van der Waals surface area (Å²) in [4.78, 5) is 0.326. The average molecular weight is 300 g/mol. The molecule has 0 aliphatic heterocycles. The molecule has 106 valence electrons. The lowest BCUT2D eigenvalue weighted by Gasteiger charge is -2.24. The van der Waals surface area contributed by atoms with E-state index in [1.165, 1.54) is 4.31 Å². The Kier molecular flexibility index (Phi) is 6.24. The molecule has 0 saturated heterocycles. The molecule has 1 aromatic carbocycles. The Morgan fingerprint density at radius 3 is 2.47 bits per heavy atom. The number of nitrogens with two attached hydrogens (primary N) is 1. The quantitative estimate of drug-likeness (QED) is 0.748. The Morgan fingerprint density at radius 1 is 1.32 bits per heavy atom. The molecule has 0 aliphatic carbocycles. The molecule has 0 unspecified atom stereocenters. The van der Waals surface area contributed by atoms with Crippen LogP contribution < -0.4 is 10.0 Å². The van der Waals surface area contributed by atoms with Crippen LogP contribution in [0.1, 0.15) is 26.2 Å². The van der Waals surface area contributed by atoms with Crippen LogP contribution in [0, 0.1) is 0 Å². The Labute approximate surface area is 120 Å². The summed E-state index contributed by atoms with van der Waals surface area (Å²) in [5, 5.41) is 0. The van der Waals surface area contributed by atoms with Crippen molar-refractivity contribution in [2.24, 2.45) is 5.73 Å². The van der Waals surface area contributed by atoms with Crippen LogP contribution in [-0.4, -0.2) is 25.7 Å². The molecule has 0 aliphatic rings. The molecule has 0 spiro atoms. The third-order valence-electron chi connectivity index (χ3n) is 2.70. The van der Waals surface area contributed by atoms with Gasteiger partial charge in [-0.1, -0.05) is 43.8 Å². The number of unbranched alkanes of at least 4 members (excludes halogenated alkanes) is 1. The number of hydrogen-bond acceptors (Lipinski definition) is 3. The molecule has 0 fully saturated rings. The van der Waals surface area contributed by atoms with Crippen molar-refractivity contribution in [3.63, 3.8) is 0 Å². The topological polar surface area (TPSA) is 63.4 Å². The van der Waals surface area contributed by atoms with E-state index in [-0.39, 0.29) is 5.75 Å². The van der Waals surface area contributed by atoms with Gasteiger partial charge in [0.05, 0.1) is 16.4 Å². The van der Waals surface area contributed by atoms with E-state index >= 15 is 0 Å². The first-order valence-corrected chi connectivity index (χ1v) is 8.33. The molecule has 1 aromatic rings. The van der Waals surface area contributed by atoms with Crippen LogP contribution >= 0.6 is 12.2 Å². The van der Waals surface area contributed by atoms with Crippen LogP contribution in [0.3, 0.4) is 0 Å². The van der Waals surface area contributed by atoms with E-state index < -0.39 is 10.0 Å². The lowest BCUT2D eigenvalue weighted by Crippen LogP contribution is -2.35. The Bertz CT molecular complexity index is 501. The number of sulfonamides is 1. The average Bonchev–Trinajstić information content (AvgIpc) is 2.37. The molecule has 0 heterocycles. The van der Waals surface area contributed by atoms with Crippen molar-refractivity contribution in [1.82, 2.24) is 0 Å². The monoisotopic (exact) mass is 300 g/mol. The van der Waals surface area contributed by atoms with Crippen LogP contribution in [0.4, 0.5) is 5.69 Å². The summed E-state index contributed by atoms with van der Waals surface area (Å²) in [6, 6.07) is 9.05. The van der Waals surface area contributed by atoms with Gasteiger partial charge in [0.25, 0.3) is 0 Å². The summed E-state index contributed by atoms with van der Waals surface area (Å²) >= 11 is 4.83. The zero-order valence-electron chi connectivity index (χ0n) is 11.1. The lowest BCUT2D eigenvalue weighted by molar-refractivity contribution is 0.588. The highest BCUT2D eigenvalue weighted by atomic mass is 32.2. The van der Waals surface area contributed by atoms with Crippen molar-refractivity contribution in [3.05, 3.63) is 30.3 Å². The van der Waals surface area contributed by atoms with E-state index in [2.05, 4.69) is 0 Å². The summed E-state index contributed by atoms with van der Waals surface area (Å²) in [5.74, 6) is 0.149. The van der Waals surface area contributed by atoms with Gasteiger partial charge in [-0.25, -0.2) is 8.42 Å². The maximum absolute atomic E-state index is 12.3. The van der Waals surface area contributed by atoms with E-state index in [4.69, 9.17) is 18.0 Å². The van der Waals surface area contributed by atoms with Crippen molar-refractivity contribution in [2.45, 2.75) is 26.2 Å². The molecular formula is C13H20N2O2S2. The smallest absolute Gasteiger partial charge is 0.235 e. The highest BCUT2D eigenvalue weighted by Gasteiger charge is 2.21. The van der Waals surface area contributed by atoms with Crippen molar-refractivity contribution in [2.75, 3.05) is 16.6 Å². The van der Waals surface area contributed by atoms with E-state index in [1.54, 1.807) is 12.1 Å². The molecule has 1 rings (SSSR count). The van der Waals surface area contributed by atoms with Gasteiger partial charge in [-0.2, -0.15) is 0 Å². The summed E-state index contributed by atoms with van der Waals surface area (Å²) in [5.41, 5.74) is 6.13. The Hall–Kier alpha value is -1.14. The second-order valence-corrected chi connectivity index (χ2v) is 6.83. The molecule has 0 amide bonds. The highest BCUT2D eigenvalue weighted by Crippen LogP contribution is 2.19. The molecule has 0 aromatic heterocycles. The van der Waals surface area contributed by atoms with E-state index in [9.17, 15) is 8.42 Å². The van der Waals surface area contributed by atoms with Gasteiger partial charge in [-0.05, 0) is 18.6 Å². The van der Waals surface area contributed by atoms with Gasteiger partial charge < -0.3 is 5.73 Å². The number of anilines is 1. The fourth-order valence-corrected chi connectivity index (χ4v) is 3.45. The van der Waals surface area contributed by atoms with E-state index in [0.29, 0.717) is 30.1 Å². The predicted molar refractivity (Wildman–Crippen MR) is 83.9 cm³/mol. The number of benzene rings is 1. The zero-order chi connectivity index (χ0) is 14.3. The molecule has 6 heteroatoms. The fraction of sp³-hybridized carbons (Fsp3) is 0.462. The minimum Gasteiger partial charge on any atom is -0.393 e. The second-order valence-electron chi connectivity index (χ2n) is 4.29. The van der Waals surface area contributed by atoms with Crippen LogP contribution in [0.5, 0.6) is 0 Å². The summed E-state index contributed by atoms with van der Waals surface area (Å²) in [6.45, 7) is 2.27. The first kappa shape index (κ1) is 15.9. The van der Waals surface area contributed by atoms with Crippen molar-refractivity contribution in [3.8, 4) is 0 Å². The largest absolute Gasteiger partial charge is 0.393 e. The van der Waals surface area contributed by atoms with Crippen LogP contribution in [-0.2, 0) is 10.0 Å². The molecule has 4 nitrogen and oxygen atoms in total.